The summed E-state index contributed by atoms with van der Waals surface area (Å²) in [6, 6.07) is 14.5. The fraction of sp³-hybridized carbons (Fsp3) is 0.452. The van der Waals surface area contributed by atoms with Crippen LogP contribution in [0.1, 0.15) is 49.0 Å². The van der Waals surface area contributed by atoms with Gasteiger partial charge in [0, 0.05) is 23.4 Å². The van der Waals surface area contributed by atoms with Crippen LogP contribution in [-0.4, -0.2) is 81.2 Å². The molecule has 0 amide bonds. The first-order valence-corrected chi connectivity index (χ1v) is 13.9. The van der Waals surface area contributed by atoms with Gasteiger partial charge in [0.1, 0.15) is 22.8 Å². The van der Waals surface area contributed by atoms with Gasteiger partial charge in [-0.05, 0) is 63.5 Å². The third kappa shape index (κ3) is 6.72. The van der Waals surface area contributed by atoms with E-state index in [1.807, 2.05) is 38.4 Å². The molecule has 12 heteroatoms. The molecular weight excluding hydrogens is 565 g/mol. The van der Waals surface area contributed by atoms with Crippen LogP contribution >= 0.6 is 0 Å². The summed E-state index contributed by atoms with van der Waals surface area (Å²) in [5, 5.41) is 46.8. The molecule has 2 aromatic carbocycles. The van der Waals surface area contributed by atoms with Crippen molar-refractivity contribution in [3.63, 3.8) is 0 Å². The fourth-order valence-corrected chi connectivity index (χ4v) is 6.24. The Morgan fingerprint density at radius 3 is 2.30 bits per heavy atom. The van der Waals surface area contributed by atoms with E-state index in [0.29, 0.717) is 38.0 Å². The second kappa shape index (κ2) is 12.4. The molecule has 1 spiro atoms. The van der Waals surface area contributed by atoms with Gasteiger partial charge >= 0.3 is 17.9 Å². The number of carbonyl (C=O) groups is 3. The van der Waals surface area contributed by atoms with Crippen LogP contribution in [0, 0.1) is 11.7 Å². The molecule has 43 heavy (non-hydrogen) atoms. The summed E-state index contributed by atoms with van der Waals surface area (Å²) in [6.07, 6.45) is 0.303. The Labute approximate surface area is 247 Å². The number of carboxylic acids is 3. The number of hydrogen-bond acceptors (Lipinski definition) is 8. The van der Waals surface area contributed by atoms with Crippen molar-refractivity contribution in [2.24, 2.45) is 5.92 Å². The molecule has 3 aromatic rings. The molecule has 2 aliphatic rings. The molecule has 3 unspecified atom stereocenters. The van der Waals surface area contributed by atoms with Crippen LogP contribution in [0.15, 0.2) is 52.9 Å². The minimum atomic E-state index is -2.74. The molecule has 5 rings (SSSR count). The molecule has 1 fully saturated rings. The Balaban J connectivity index is 0.000000277. The maximum atomic E-state index is 14.0. The minimum Gasteiger partial charge on any atom is -0.481 e. The number of furan rings is 1. The molecule has 2 heterocycles. The normalized spacial score (nSPS) is 23.4. The molecule has 1 aliphatic heterocycles. The number of hydrogen-bond donors (Lipinski definition) is 5. The first-order chi connectivity index (χ1) is 20.2. The van der Waals surface area contributed by atoms with E-state index in [4.69, 9.17) is 29.6 Å². The van der Waals surface area contributed by atoms with Crippen LogP contribution in [0.3, 0.4) is 0 Å². The van der Waals surface area contributed by atoms with Crippen LogP contribution in [0.5, 0.6) is 0 Å². The van der Waals surface area contributed by atoms with Gasteiger partial charge in [0.05, 0.1) is 25.0 Å². The van der Waals surface area contributed by atoms with Crippen LogP contribution < -0.4 is 0 Å². The summed E-state index contributed by atoms with van der Waals surface area (Å²) < 4.78 is 26.8. The predicted molar refractivity (Wildman–Crippen MR) is 151 cm³/mol. The van der Waals surface area contributed by atoms with E-state index in [-0.39, 0.29) is 11.7 Å². The number of carboxylic acid groups (broad SMARTS) is 3. The zero-order valence-electron chi connectivity index (χ0n) is 24.0. The van der Waals surface area contributed by atoms with E-state index in [9.17, 15) is 23.9 Å². The highest BCUT2D eigenvalue weighted by Crippen LogP contribution is 2.54. The van der Waals surface area contributed by atoms with Crippen molar-refractivity contribution in [2.45, 2.75) is 55.3 Å². The van der Waals surface area contributed by atoms with Crippen molar-refractivity contribution < 1.29 is 53.5 Å². The molecule has 0 saturated heterocycles. The van der Waals surface area contributed by atoms with Gasteiger partial charge in [0.15, 0.2) is 5.60 Å². The SMILES string of the molecule is CN(C)CC1CC2(CCC1(O)c1cccc(F)c1)OCCc1c2oc2ccccc12.O=C(O)CC(O)(CC(=O)O)C(=O)O. The van der Waals surface area contributed by atoms with Gasteiger partial charge in [0.2, 0.25) is 0 Å². The second-order valence-electron chi connectivity index (χ2n) is 11.6. The van der Waals surface area contributed by atoms with E-state index in [1.54, 1.807) is 6.07 Å². The third-order valence-corrected chi connectivity index (χ3v) is 8.20. The van der Waals surface area contributed by atoms with Gasteiger partial charge in [-0.1, -0.05) is 30.3 Å². The van der Waals surface area contributed by atoms with Gasteiger partial charge in [0.25, 0.3) is 0 Å². The highest BCUT2D eigenvalue weighted by atomic mass is 19.1. The van der Waals surface area contributed by atoms with Gasteiger partial charge in [-0.3, -0.25) is 9.59 Å². The van der Waals surface area contributed by atoms with Crippen molar-refractivity contribution in [1.82, 2.24) is 4.90 Å². The largest absolute Gasteiger partial charge is 0.481 e. The summed E-state index contributed by atoms with van der Waals surface area (Å²) in [5.41, 5.74) is -1.63. The Morgan fingerprint density at radius 1 is 1.02 bits per heavy atom. The second-order valence-corrected chi connectivity index (χ2v) is 11.6. The number of ether oxygens (including phenoxy) is 1. The molecule has 3 atom stereocenters. The van der Waals surface area contributed by atoms with Gasteiger partial charge < -0.3 is 39.6 Å². The maximum absolute atomic E-state index is 14.0. The molecule has 5 N–H and O–H groups in total. The molecule has 1 aliphatic carbocycles. The van der Waals surface area contributed by atoms with Gasteiger partial charge in [-0.2, -0.15) is 0 Å². The molecule has 0 radical (unpaired) electrons. The zero-order chi connectivity index (χ0) is 31.6. The monoisotopic (exact) mass is 601 g/mol. The average molecular weight is 602 g/mol. The molecule has 1 saturated carbocycles. The van der Waals surface area contributed by atoms with E-state index >= 15 is 0 Å². The van der Waals surface area contributed by atoms with Crippen LogP contribution in [0.4, 0.5) is 4.39 Å². The summed E-state index contributed by atoms with van der Waals surface area (Å²) in [7, 11) is 4.00. The number of aliphatic hydroxyl groups is 2. The highest BCUT2D eigenvalue weighted by molar-refractivity contribution is 5.88. The zero-order valence-corrected chi connectivity index (χ0v) is 24.0. The standard InChI is InChI=1S/C25H28FNO3.C6H8O7/c1-27(2)16-18-15-24(11-12-25(18,28)17-6-5-7-19(26)14-17)23-21(10-13-29-24)20-8-3-4-9-22(20)30-23;7-3(8)1-6(13,5(11)12)2-4(9)10/h3-9,14,18,28H,10-13,15-16H2,1-2H3;13H,1-2H2,(H,7,8)(H,9,10)(H,11,12). The number of aliphatic carboxylic acids is 3. The topological polar surface area (TPSA) is 178 Å². The van der Waals surface area contributed by atoms with Crippen molar-refractivity contribution >= 4 is 28.9 Å². The van der Waals surface area contributed by atoms with Gasteiger partial charge in [-0.15, -0.1) is 0 Å². The lowest BCUT2D eigenvalue weighted by atomic mass is 9.64. The summed E-state index contributed by atoms with van der Waals surface area (Å²) >= 11 is 0. The van der Waals surface area contributed by atoms with E-state index in [2.05, 4.69) is 11.0 Å². The molecule has 1 aromatic heterocycles. The van der Waals surface area contributed by atoms with Gasteiger partial charge in [-0.25, -0.2) is 9.18 Å². The lowest BCUT2D eigenvalue weighted by Gasteiger charge is -2.50. The lowest BCUT2D eigenvalue weighted by molar-refractivity contribution is -0.171. The smallest absolute Gasteiger partial charge is 0.336 e. The first-order valence-electron chi connectivity index (χ1n) is 13.9. The summed E-state index contributed by atoms with van der Waals surface area (Å²) in [4.78, 5) is 32.6. The van der Waals surface area contributed by atoms with E-state index in [1.165, 1.54) is 17.7 Å². The van der Waals surface area contributed by atoms with Crippen molar-refractivity contribution in [1.29, 1.82) is 0 Å². The molecule has 11 nitrogen and oxygen atoms in total. The number of para-hydroxylation sites is 1. The summed E-state index contributed by atoms with van der Waals surface area (Å²) in [6.45, 7) is 1.32. The van der Waals surface area contributed by atoms with Crippen molar-refractivity contribution in [3.05, 3.63) is 71.2 Å². The van der Waals surface area contributed by atoms with Crippen LogP contribution in [0.2, 0.25) is 0 Å². The quantitative estimate of drug-likeness (QED) is 0.256. The number of halogens is 1. The first kappa shape index (κ1) is 32.1. The number of benzene rings is 2. The van der Waals surface area contributed by atoms with Crippen molar-refractivity contribution in [3.8, 4) is 0 Å². The van der Waals surface area contributed by atoms with E-state index < -0.39 is 47.6 Å². The van der Waals surface area contributed by atoms with Crippen LogP contribution in [-0.2, 0) is 36.7 Å². The molecular formula is C31H36FNO10. The number of nitrogens with zero attached hydrogens (tertiary/aromatic N) is 1. The minimum absolute atomic E-state index is 0.123. The molecule has 0 bridgehead atoms. The fourth-order valence-electron chi connectivity index (χ4n) is 6.24. The molecule has 232 valence electrons. The number of fused-ring (bicyclic) bond motifs is 4. The summed E-state index contributed by atoms with van der Waals surface area (Å²) in [5.74, 6) is -4.55. The Hall–Kier alpha value is -3.84. The maximum Gasteiger partial charge on any atom is 0.336 e. The Bertz CT molecular complexity index is 1490. The van der Waals surface area contributed by atoms with E-state index in [0.717, 1.165) is 23.2 Å². The van der Waals surface area contributed by atoms with Crippen molar-refractivity contribution in [2.75, 3.05) is 27.2 Å². The Kier molecular flexibility index (Phi) is 9.26. The third-order valence-electron chi connectivity index (χ3n) is 8.20. The highest BCUT2D eigenvalue weighted by Gasteiger charge is 2.54. The van der Waals surface area contributed by atoms with Crippen LogP contribution in [0.25, 0.3) is 11.0 Å². The predicted octanol–water partition coefficient (Wildman–Crippen LogP) is 3.34. The average Bonchev–Trinajstić information content (AvgIpc) is 3.30. The lowest BCUT2D eigenvalue weighted by Crippen LogP contribution is -2.51. The number of rotatable bonds is 8. The Morgan fingerprint density at radius 2 is 1.70 bits per heavy atom.